The standard InChI is InChI=1S/C16H25/c1-5-10-15(4)13-8-9-14-16(11-6-2)12-7-3/h5-7H,1-4,8-14H2/q+1. The van der Waals surface area contributed by atoms with Crippen LogP contribution >= 0.6 is 0 Å². The zero-order chi connectivity index (χ0) is 12.2. The lowest BCUT2D eigenvalue weighted by Gasteiger charge is -2.04. The highest BCUT2D eigenvalue weighted by Gasteiger charge is 2.15. The molecule has 88 valence electrons. The summed E-state index contributed by atoms with van der Waals surface area (Å²) in [6, 6.07) is 0. The summed E-state index contributed by atoms with van der Waals surface area (Å²) in [5.41, 5.74) is 1.30. The van der Waals surface area contributed by atoms with E-state index >= 15 is 0 Å². The Kier molecular flexibility index (Phi) is 9.59. The highest BCUT2D eigenvalue weighted by atomic mass is 14.1. The van der Waals surface area contributed by atoms with E-state index in [2.05, 4.69) is 26.3 Å². The Labute approximate surface area is 101 Å². The fraction of sp³-hybridized carbons (Fsp3) is 0.438. The van der Waals surface area contributed by atoms with Crippen molar-refractivity contribution in [2.75, 3.05) is 0 Å². The van der Waals surface area contributed by atoms with Gasteiger partial charge in [0.2, 0.25) is 0 Å². The first-order valence-corrected chi connectivity index (χ1v) is 6.07. The number of hydrogen-bond acceptors (Lipinski definition) is 0. The molecule has 0 aromatic carbocycles. The minimum Gasteiger partial charge on any atom is -0.103 e. The second kappa shape index (κ2) is 10.4. The Morgan fingerprint density at radius 1 is 0.938 bits per heavy atom. The van der Waals surface area contributed by atoms with E-state index in [0.717, 1.165) is 25.7 Å². The van der Waals surface area contributed by atoms with Crippen LogP contribution in [0.2, 0.25) is 0 Å². The van der Waals surface area contributed by atoms with E-state index in [4.69, 9.17) is 0 Å². The van der Waals surface area contributed by atoms with Crippen molar-refractivity contribution in [3.63, 3.8) is 0 Å². The van der Waals surface area contributed by atoms with Gasteiger partial charge in [0.25, 0.3) is 0 Å². The first-order chi connectivity index (χ1) is 7.74. The summed E-state index contributed by atoms with van der Waals surface area (Å²) in [7, 11) is 0. The molecule has 0 aliphatic carbocycles. The van der Waals surface area contributed by atoms with Crippen LogP contribution in [0.1, 0.15) is 44.9 Å². The van der Waals surface area contributed by atoms with Crippen molar-refractivity contribution in [3.8, 4) is 0 Å². The molecule has 0 aromatic rings. The van der Waals surface area contributed by atoms with Gasteiger partial charge in [-0.15, -0.1) is 6.58 Å². The normalized spacial score (nSPS) is 9.50. The first kappa shape index (κ1) is 14.8. The van der Waals surface area contributed by atoms with Gasteiger partial charge in [0.15, 0.2) is 0 Å². The Morgan fingerprint density at radius 3 is 2.06 bits per heavy atom. The predicted molar refractivity (Wildman–Crippen MR) is 75.3 cm³/mol. The van der Waals surface area contributed by atoms with E-state index < -0.39 is 0 Å². The van der Waals surface area contributed by atoms with Crippen molar-refractivity contribution < 1.29 is 0 Å². The molecule has 0 atom stereocenters. The number of allylic oxidation sites excluding steroid dienone is 4. The lowest BCUT2D eigenvalue weighted by Crippen LogP contribution is -1.95. The zero-order valence-electron chi connectivity index (χ0n) is 10.5. The molecule has 0 heteroatoms. The van der Waals surface area contributed by atoms with E-state index in [0.29, 0.717) is 0 Å². The third-order valence-electron chi connectivity index (χ3n) is 2.61. The highest BCUT2D eigenvalue weighted by Crippen LogP contribution is 2.21. The van der Waals surface area contributed by atoms with Gasteiger partial charge in [-0.25, -0.2) is 0 Å². The van der Waals surface area contributed by atoms with E-state index in [1.807, 2.05) is 18.2 Å². The van der Waals surface area contributed by atoms with Crippen LogP contribution < -0.4 is 0 Å². The van der Waals surface area contributed by atoms with Gasteiger partial charge in [-0.05, 0) is 37.8 Å². The third-order valence-corrected chi connectivity index (χ3v) is 2.61. The Morgan fingerprint density at radius 2 is 1.56 bits per heavy atom. The van der Waals surface area contributed by atoms with Crippen LogP contribution in [0.4, 0.5) is 0 Å². The summed E-state index contributed by atoms with van der Waals surface area (Å²) in [6.07, 6.45) is 13.7. The van der Waals surface area contributed by atoms with Gasteiger partial charge in [0.1, 0.15) is 12.8 Å². The molecule has 0 saturated heterocycles. The second-order valence-electron chi connectivity index (χ2n) is 4.19. The summed E-state index contributed by atoms with van der Waals surface area (Å²) in [4.78, 5) is 0. The molecule has 0 amide bonds. The number of rotatable bonds is 11. The smallest absolute Gasteiger partial charge is 0.103 e. The fourth-order valence-electron chi connectivity index (χ4n) is 1.75. The number of unbranched alkanes of at least 4 members (excludes halogenated alkanes) is 1. The number of hydrogen-bond donors (Lipinski definition) is 0. The first-order valence-electron chi connectivity index (χ1n) is 6.07. The molecule has 16 heavy (non-hydrogen) atoms. The summed E-state index contributed by atoms with van der Waals surface area (Å²) < 4.78 is 0. The zero-order valence-corrected chi connectivity index (χ0v) is 10.5. The predicted octanol–water partition coefficient (Wildman–Crippen LogP) is 5.41. The molecule has 0 aliphatic heterocycles. The lowest BCUT2D eigenvalue weighted by atomic mass is 9.94. The van der Waals surface area contributed by atoms with Crippen LogP contribution in [0.15, 0.2) is 50.1 Å². The van der Waals surface area contributed by atoms with Gasteiger partial charge in [-0.1, -0.05) is 31.4 Å². The molecular formula is C16H25+. The lowest BCUT2D eigenvalue weighted by molar-refractivity contribution is 0.652. The molecule has 0 bridgehead atoms. The molecular weight excluding hydrogens is 192 g/mol. The Hall–Kier alpha value is -1.17. The highest BCUT2D eigenvalue weighted by molar-refractivity contribution is 5.02. The molecule has 0 aromatic heterocycles. The van der Waals surface area contributed by atoms with Crippen LogP contribution in [-0.2, 0) is 0 Å². The Bertz CT molecular complexity index is 212. The Balaban J connectivity index is 3.60. The maximum absolute atomic E-state index is 4.02. The van der Waals surface area contributed by atoms with E-state index in [1.165, 1.54) is 24.8 Å². The largest absolute Gasteiger partial charge is 0.108 e. The average Bonchev–Trinajstić information content (AvgIpc) is 2.25. The maximum atomic E-state index is 4.02. The van der Waals surface area contributed by atoms with Crippen molar-refractivity contribution in [2.24, 2.45) is 0 Å². The summed E-state index contributed by atoms with van der Waals surface area (Å²) in [5, 5.41) is 0. The van der Waals surface area contributed by atoms with Crippen LogP contribution in [0, 0.1) is 5.92 Å². The summed E-state index contributed by atoms with van der Waals surface area (Å²) in [5.74, 6) is 1.54. The molecule has 0 rings (SSSR count). The van der Waals surface area contributed by atoms with Crippen molar-refractivity contribution in [1.82, 2.24) is 0 Å². The summed E-state index contributed by atoms with van der Waals surface area (Å²) in [6.45, 7) is 15.3. The van der Waals surface area contributed by atoms with Crippen molar-refractivity contribution in [1.29, 1.82) is 0 Å². The average molecular weight is 217 g/mol. The van der Waals surface area contributed by atoms with E-state index in [9.17, 15) is 0 Å². The molecule has 0 spiro atoms. The maximum Gasteiger partial charge on any atom is 0.108 e. The monoisotopic (exact) mass is 217 g/mol. The van der Waals surface area contributed by atoms with Crippen molar-refractivity contribution in [3.05, 3.63) is 56.0 Å². The second-order valence-corrected chi connectivity index (χ2v) is 4.19. The topological polar surface area (TPSA) is 0 Å². The van der Waals surface area contributed by atoms with Gasteiger partial charge in [-0.3, -0.25) is 0 Å². The molecule has 0 heterocycles. The van der Waals surface area contributed by atoms with Gasteiger partial charge in [0.05, 0.1) is 12.3 Å². The third kappa shape index (κ3) is 8.16. The fourth-order valence-corrected chi connectivity index (χ4v) is 1.75. The molecule has 0 saturated carbocycles. The molecule has 0 nitrogen and oxygen atoms in total. The van der Waals surface area contributed by atoms with Crippen molar-refractivity contribution in [2.45, 2.75) is 44.9 Å². The minimum absolute atomic E-state index is 0.954. The van der Waals surface area contributed by atoms with Gasteiger partial charge >= 0.3 is 0 Å². The van der Waals surface area contributed by atoms with E-state index in [1.54, 1.807) is 5.92 Å². The van der Waals surface area contributed by atoms with Crippen LogP contribution in [0.25, 0.3) is 0 Å². The quantitative estimate of drug-likeness (QED) is 0.247. The van der Waals surface area contributed by atoms with Gasteiger partial charge in [0, 0.05) is 0 Å². The molecule has 0 radical (unpaired) electrons. The van der Waals surface area contributed by atoms with Gasteiger partial charge < -0.3 is 0 Å². The van der Waals surface area contributed by atoms with Crippen molar-refractivity contribution >= 4 is 0 Å². The minimum atomic E-state index is 0.954. The molecule has 0 fully saturated rings. The molecule has 0 unspecified atom stereocenters. The summed E-state index contributed by atoms with van der Waals surface area (Å²) >= 11 is 0. The molecule has 0 aliphatic rings. The van der Waals surface area contributed by atoms with Gasteiger partial charge in [-0.2, -0.15) is 0 Å². The SMILES string of the molecule is C=CCC(=C)CCCC[C+](CC=C)CC=C. The van der Waals surface area contributed by atoms with Crippen LogP contribution in [0.5, 0.6) is 0 Å². The molecule has 0 N–H and O–H groups in total. The van der Waals surface area contributed by atoms with Crippen LogP contribution in [-0.4, -0.2) is 0 Å². The van der Waals surface area contributed by atoms with E-state index in [-0.39, 0.29) is 0 Å². The van der Waals surface area contributed by atoms with Crippen LogP contribution in [0.3, 0.4) is 0 Å².